The van der Waals surface area contributed by atoms with Crippen LogP contribution in [0.15, 0.2) is 48.9 Å². The van der Waals surface area contributed by atoms with Gasteiger partial charge < -0.3 is 15.1 Å². The summed E-state index contributed by atoms with van der Waals surface area (Å²) < 4.78 is 41.6. The monoisotopic (exact) mass is 541 g/mol. The standard InChI is InChI=1S/C26H26F3N7O3/c27-26(28,29)19-5-1-4-17(10-19)22(16-35-9-3-7-24(35)38)31-25(39)18-11-21(13-30-12-18)36-15-20(32-33-36)14-34-8-2-6-23(34)37/h1,4-5,10-13,15,22H,2-3,6-9,14,16H2,(H,31,39). The van der Waals surface area contributed by atoms with E-state index in [9.17, 15) is 27.6 Å². The number of benzene rings is 1. The molecule has 13 heteroatoms. The topological polar surface area (TPSA) is 113 Å². The van der Waals surface area contributed by atoms with E-state index in [1.807, 2.05) is 0 Å². The van der Waals surface area contributed by atoms with Gasteiger partial charge in [-0.25, -0.2) is 4.68 Å². The molecule has 0 aliphatic carbocycles. The molecule has 4 heterocycles. The first kappa shape index (κ1) is 26.3. The molecule has 3 amide bonds. The second kappa shape index (κ2) is 10.8. The minimum Gasteiger partial charge on any atom is -0.343 e. The molecule has 0 bridgehead atoms. The lowest BCUT2D eigenvalue weighted by Crippen LogP contribution is -2.38. The van der Waals surface area contributed by atoms with Gasteiger partial charge in [-0.1, -0.05) is 17.3 Å². The summed E-state index contributed by atoms with van der Waals surface area (Å²) in [6.07, 6.45) is 2.26. The van der Waals surface area contributed by atoms with Crippen LogP contribution in [0, 0.1) is 0 Å². The van der Waals surface area contributed by atoms with Crippen molar-refractivity contribution in [2.24, 2.45) is 0 Å². The zero-order valence-corrected chi connectivity index (χ0v) is 20.9. The molecule has 5 rings (SSSR count). The van der Waals surface area contributed by atoms with Crippen LogP contribution < -0.4 is 5.32 Å². The van der Waals surface area contributed by atoms with Crippen molar-refractivity contribution >= 4 is 17.7 Å². The van der Waals surface area contributed by atoms with E-state index in [-0.39, 0.29) is 29.5 Å². The SMILES string of the molecule is O=C(NC(CN1CCCC1=O)c1cccc(C(F)(F)F)c1)c1cncc(-n2cc(CN3CCCC3=O)nn2)c1. The van der Waals surface area contributed by atoms with E-state index in [0.717, 1.165) is 18.6 Å². The van der Waals surface area contributed by atoms with Crippen LogP contribution in [0.3, 0.4) is 0 Å². The summed E-state index contributed by atoms with van der Waals surface area (Å²) in [6, 6.07) is 5.39. The molecule has 1 aromatic carbocycles. The highest BCUT2D eigenvalue weighted by molar-refractivity contribution is 5.94. The van der Waals surface area contributed by atoms with Crippen molar-refractivity contribution in [1.82, 2.24) is 35.1 Å². The van der Waals surface area contributed by atoms with Crippen LogP contribution >= 0.6 is 0 Å². The van der Waals surface area contributed by atoms with Crippen LogP contribution in [0.2, 0.25) is 0 Å². The van der Waals surface area contributed by atoms with Crippen molar-refractivity contribution in [3.05, 3.63) is 71.3 Å². The van der Waals surface area contributed by atoms with Gasteiger partial charge in [-0.3, -0.25) is 19.4 Å². The molecule has 0 saturated carbocycles. The zero-order valence-electron chi connectivity index (χ0n) is 20.9. The van der Waals surface area contributed by atoms with Gasteiger partial charge in [0, 0.05) is 38.7 Å². The molecule has 2 saturated heterocycles. The fourth-order valence-corrected chi connectivity index (χ4v) is 4.77. The van der Waals surface area contributed by atoms with Crippen LogP contribution in [0.1, 0.15) is 58.9 Å². The van der Waals surface area contributed by atoms with Crippen molar-refractivity contribution in [2.45, 2.75) is 44.4 Å². The lowest BCUT2D eigenvalue weighted by molar-refractivity contribution is -0.137. The normalized spacial score (nSPS) is 16.7. The van der Waals surface area contributed by atoms with Gasteiger partial charge in [-0.15, -0.1) is 5.10 Å². The lowest BCUT2D eigenvalue weighted by Gasteiger charge is -2.26. The third kappa shape index (κ3) is 6.07. The molecular formula is C26H26F3N7O3. The smallest absolute Gasteiger partial charge is 0.343 e. The summed E-state index contributed by atoms with van der Waals surface area (Å²) in [5.74, 6) is -0.611. The molecule has 0 radical (unpaired) electrons. The second-order valence-corrected chi connectivity index (χ2v) is 9.60. The van der Waals surface area contributed by atoms with Crippen LogP contribution in [0.5, 0.6) is 0 Å². The number of carbonyl (C=O) groups excluding carboxylic acids is 3. The number of hydrogen-bond acceptors (Lipinski definition) is 6. The van der Waals surface area contributed by atoms with Crippen molar-refractivity contribution < 1.29 is 27.6 Å². The van der Waals surface area contributed by atoms with Crippen molar-refractivity contribution in [2.75, 3.05) is 19.6 Å². The summed E-state index contributed by atoms with van der Waals surface area (Å²) in [5.41, 5.74) is 0.580. The van der Waals surface area contributed by atoms with E-state index < -0.39 is 23.7 Å². The number of carbonyl (C=O) groups is 3. The summed E-state index contributed by atoms with van der Waals surface area (Å²) in [4.78, 5) is 44.8. The van der Waals surface area contributed by atoms with E-state index >= 15 is 0 Å². The maximum absolute atomic E-state index is 13.4. The predicted octanol–water partition coefficient (Wildman–Crippen LogP) is 2.90. The third-order valence-electron chi connectivity index (χ3n) is 6.81. The molecule has 1 N–H and O–H groups in total. The molecule has 2 fully saturated rings. The average Bonchev–Trinajstić information content (AvgIpc) is 3.66. The Labute approximate surface area is 221 Å². The van der Waals surface area contributed by atoms with Crippen LogP contribution in [0.25, 0.3) is 5.69 Å². The molecule has 39 heavy (non-hydrogen) atoms. The number of nitrogens with zero attached hydrogens (tertiary/aromatic N) is 6. The molecule has 2 aliphatic rings. The average molecular weight is 542 g/mol. The Balaban J connectivity index is 1.35. The van der Waals surface area contributed by atoms with Gasteiger partial charge in [-0.05, 0) is 36.6 Å². The van der Waals surface area contributed by atoms with Crippen molar-refractivity contribution in [1.29, 1.82) is 0 Å². The van der Waals surface area contributed by atoms with E-state index in [1.54, 1.807) is 16.0 Å². The molecule has 1 unspecified atom stereocenters. The summed E-state index contributed by atoms with van der Waals surface area (Å²) in [7, 11) is 0. The molecule has 2 aliphatic heterocycles. The van der Waals surface area contributed by atoms with Gasteiger partial charge in [0.05, 0.1) is 41.8 Å². The fourth-order valence-electron chi connectivity index (χ4n) is 4.77. The number of alkyl halides is 3. The number of pyridine rings is 1. The number of hydrogen-bond donors (Lipinski definition) is 1. The predicted molar refractivity (Wildman–Crippen MR) is 131 cm³/mol. The molecule has 1 atom stereocenters. The molecule has 0 spiro atoms. The highest BCUT2D eigenvalue weighted by atomic mass is 19.4. The minimum atomic E-state index is -4.55. The molecular weight excluding hydrogens is 515 g/mol. The number of aromatic nitrogens is 4. The molecule has 3 aromatic rings. The van der Waals surface area contributed by atoms with Gasteiger partial charge in [0.25, 0.3) is 5.91 Å². The lowest BCUT2D eigenvalue weighted by atomic mass is 10.0. The number of amides is 3. The number of likely N-dealkylation sites (tertiary alicyclic amines) is 2. The van der Waals surface area contributed by atoms with Crippen LogP contribution in [0.4, 0.5) is 13.2 Å². The summed E-state index contributed by atoms with van der Waals surface area (Å²) in [6.45, 7) is 1.51. The largest absolute Gasteiger partial charge is 0.416 e. The highest BCUT2D eigenvalue weighted by Crippen LogP contribution is 2.31. The Kier molecular flexibility index (Phi) is 7.31. The van der Waals surface area contributed by atoms with Gasteiger partial charge in [0.15, 0.2) is 0 Å². The van der Waals surface area contributed by atoms with E-state index in [0.29, 0.717) is 50.3 Å². The zero-order chi connectivity index (χ0) is 27.6. The Morgan fingerprint density at radius 2 is 1.77 bits per heavy atom. The number of nitrogens with one attached hydrogen (secondary N) is 1. The molecule has 2 aromatic heterocycles. The van der Waals surface area contributed by atoms with E-state index in [4.69, 9.17) is 0 Å². The molecule has 204 valence electrons. The number of rotatable bonds is 8. The third-order valence-corrected chi connectivity index (χ3v) is 6.81. The highest BCUT2D eigenvalue weighted by Gasteiger charge is 2.32. The maximum Gasteiger partial charge on any atom is 0.416 e. The van der Waals surface area contributed by atoms with E-state index in [1.165, 1.54) is 35.3 Å². The first-order valence-electron chi connectivity index (χ1n) is 12.6. The Hall–Kier alpha value is -4.29. The Bertz CT molecular complexity index is 1390. The first-order chi connectivity index (χ1) is 18.7. The van der Waals surface area contributed by atoms with Crippen LogP contribution in [-0.2, 0) is 22.3 Å². The Morgan fingerprint density at radius 3 is 2.46 bits per heavy atom. The quantitative estimate of drug-likeness (QED) is 0.469. The second-order valence-electron chi connectivity index (χ2n) is 9.60. The van der Waals surface area contributed by atoms with Gasteiger partial charge in [0.2, 0.25) is 11.8 Å². The maximum atomic E-state index is 13.4. The Morgan fingerprint density at radius 1 is 1.03 bits per heavy atom. The minimum absolute atomic E-state index is 0.0423. The van der Waals surface area contributed by atoms with E-state index in [2.05, 4.69) is 20.6 Å². The number of halogens is 3. The first-order valence-corrected chi connectivity index (χ1v) is 12.6. The van der Waals surface area contributed by atoms with Gasteiger partial charge in [-0.2, -0.15) is 13.2 Å². The summed E-state index contributed by atoms with van der Waals surface area (Å²) >= 11 is 0. The van der Waals surface area contributed by atoms with Crippen molar-refractivity contribution in [3.63, 3.8) is 0 Å². The van der Waals surface area contributed by atoms with Crippen LogP contribution in [-0.4, -0.2) is 67.1 Å². The van der Waals surface area contributed by atoms with Gasteiger partial charge >= 0.3 is 6.18 Å². The fraction of sp³-hybridized carbons (Fsp3) is 0.385. The van der Waals surface area contributed by atoms with Crippen molar-refractivity contribution in [3.8, 4) is 5.69 Å². The van der Waals surface area contributed by atoms with Gasteiger partial charge in [0.1, 0.15) is 5.69 Å². The summed E-state index contributed by atoms with van der Waals surface area (Å²) in [5, 5.41) is 11.0. The molecule has 10 nitrogen and oxygen atoms in total.